The molecule has 1 aromatic carbocycles. The van der Waals surface area contributed by atoms with E-state index < -0.39 is 23.6 Å². The number of rotatable bonds is 5. The Balaban J connectivity index is 1.57. The van der Waals surface area contributed by atoms with Crippen molar-refractivity contribution in [1.29, 1.82) is 0 Å². The Morgan fingerprint density at radius 3 is 2.53 bits per heavy atom. The molecular formula is C23H29F2N5O4. The van der Waals surface area contributed by atoms with Crippen LogP contribution in [0.1, 0.15) is 42.7 Å². The number of nitrogens with one attached hydrogen (secondary N) is 3. The third kappa shape index (κ3) is 6.75. The SMILES string of the molecule is Cc1noc(C)c1NC(=O)NC1CCCC(C(=O)NCc2cc(F)cc(F)c2)CC(=O)N(C)C1. The van der Waals surface area contributed by atoms with E-state index in [0.29, 0.717) is 48.5 Å². The summed E-state index contributed by atoms with van der Waals surface area (Å²) in [5.74, 6) is -2.11. The van der Waals surface area contributed by atoms with E-state index in [-0.39, 0.29) is 30.8 Å². The number of hydrogen-bond donors (Lipinski definition) is 3. The first-order chi connectivity index (χ1) is 16.1. The molecule has 1 aromatic heterocycles. The quantitative estimate of drug-likeness (QED) is 0.612. The zero-order chi connectivity index (χ0) is 24.8. The lowest BCUT2D eigenvalue weighted by Gasteiger charge is -2.24. The van der Waals surface area contributed by atoms with Gasteiger partial charge in [0.15, 0.2) is 5.76 Å². The van der Waals surface area contributed by atoms with Gasteiger partial charge in [-0.25, -0.2) is 13.6 Å². The van der Waals surface area contributed by atoms with Crippen LogP contribution in [0.2, 0.25) is 0 Å². The number of likely N-dealkylation sites (N-methyl/N-ethyl adjacent to an activating group) is 1. The van der Waals surface area contributed by atoms with Gasteiger partial charge in [-0.2, -0.15) is 0 Å². The van der Waals surface area contributed by atoms with Crippen molar-refractivity contribution in [2.75, 3.05) is 18.9 Å². The Hall–Kier alpha value is -3.50. The van der Waals surface area contributed by atoms with Gasteiger partial charge in [-0.3, -0.25) is 9.59 Å². The first kappa shape index (κ1) is 25.1. The van der Waals surface area contributed by atoms with Crippen molar-refractivity contribution in [3.8, 4) is 0 Å². The fourth-order valence-corrected chi connectivity index (χ4v) is 3.99. The van der Waals surface area contributed by atoms with Gasteiger partial charge in [0.2, 0.25) is 11.8 Å². The lowest BCUT2D eigenvalue weighted by Crippen LogP contribution is -2.45. The minimum atomic E-state index is -0.722. The number of benzene rings is 1. The number of aromatic nitrogens is 1. The van der Waals surface area contributed by atoms with Gasteiger partial charge in [0, 0.05) is 44.6 Å². The molecule has 184 valence electrons. The van der Waals surface area contributed by atoms with Crippen LogP contribution in [0.15, 0.2) is 22.7 Å². The zero-order valence-corrected chi connectivity index (χ0v) is 19.4. The van der Waals surface area contributed by atoms with Gasteiger partial charge in [0.05, 0.1) is 0 Å². The molecule has 0 radical (unpaired) electrons. The summed E-state index contributed by atoms with van der Waals surface area (Å²) in [5.41, 5.74) is 1.36. The third-order valence-corrected chi connectivity index (χ3v) is 5.81. The van der Waals surface area contributed by atoms with Crippen LogP contribution < -0.4 is 16.0 Å². The lowest BCUT2D eigenvalue weighted by molar-refractivity contribution is -0.135. The van der Waals surface area contributed by atoms with Gasteiger partial charge in [0.25, 0.3) is 0 Å². The predicted molar refractivity (Wildman–Crippen MR) is 120 cm³/mol. The smallest absolute Gasteiger partial charge is 0.319 e. The van der Waals surface area contributed by atoms with Crippen molar-refractivity contribution in [1.82, 2.24) is 20.7 Å². The summed E-state index contributed by atoms with van der Waals surface area (Å²) in [7, 11) is 1.62. The van der Waals surface area contributed by atoms with Crippen molar-refractivity contribution in [2.45, 2.75) is 52.1 Å². The molecule has 9 nitrogen and oxygen atoms in total. The fourth-order valence-electron chi connectivity index (χ4n) is 3.99. The molecule has 0 saturated carbocycles. The maximum Gasteiger partial charge on any atom is 0.319 e. The summed E-state index contributed by atoms with van der Waals surface area (Å²) in [5, 5.41) is 12.1. The summed E-state index contributed by atoms with van der Waals surface area (Å²) in [6.07, 6.45) is 1.61. The molecule has 1 aliphatic rings. The Kier molecular flexibility index (Phi) is 8.19. The monoisotopic (exact) mass is 477 g/mol. The van der Waals surface area contributed by atoms with Crippen LogP contribution in [0.25, 0.3) is 0 Å². The van der Waals surface area contributed by atoms with Crippen LogP contribution in [-0.4, -0.2) is 47.5 Å². The number of hydrogen-bond acceptors (Lipinski definition) is 5. The topological polar surface area (TPSA) is 117 Å². The summed E-state index contributed by atoms with van der Waals surface area (Å²) < 4.78 is 31.8. The second-order valence-corrected chi connectivity index (χ2v) is 8.60. The van der Waals surface area contributed by atoms with E-state index in [4.69, 9.17) is 4.52 Å². The van der Waals surface area contributed by atoms with E-state index in [1.807, 2.05) is 0 Å². The number of halogens is 2. The molecule has 3 N–H and O–H groups in total. The summed E-state index contributed by atoms with van der Waals surface area (Å²) in [6.45, 7) is 3.66. The summed E-state index contributed by atoms with van der Waals surface area (Å²) >= 11 is 0. The van der Waals surface area contributed by atoms with Gasteiger partial charge in [-0.05, 0) is 44.4 Å². The van der Waals surface area contributed by atoms with Crippen molar-refractivity contribution in [3.05, 3.63) is 46.9 Å². The van der Waals surface area contributed by atoms with Gasteiger partial charge in [-0.1, -0.05) is 11.6 Å². The van der Waals surface area contributed by atoms with E-state index in [1.165, 1.54) is 4.90 Å². The maximum atomic E-state index is 13.4. The molecule has 1 aliphatic heterocycles. The first-order valence-electron chi connectivity index (χ1n) is 11.1. The largest absolute Gasteiger partial charge is 0.359 e. The Morgan fingerprint density at radius 2 is 1.88 bits per heavy atom. The lowest BCUT2D eigenvalue weighted by atomic mass is 9.96. The molecule has 11 heteroatoms. The van der Waals surface area contributed by atoms with Crippen LogP contribution in [0, 0.1) is 31.4 Å². The van der Waals surface area contributed by atoms with E-state index in [0.717, 1.165) is 18.2 Å². The predicted octanol–water partition coefficient (Wildman–Crippen LogP) is 3.02. The van der Waals surface area contributed by atoms with E-state index >= 15 is 0 Å². The van der Waals surface area contributed by atoms with E-state index in [9.17, 15) is 23.2 Å². The minimum absolute atomic E-state index is 0.0117. The fraction of sp³-hybridized carbons (Fsp3) is 0.478. The number of urea groups is 1. The third-order valence-electron chi connectivity index (χ3n) is 5.81. The molecule has 34 heavy (non-hydrogen) atoms. The standard InChI is InChI=1S/C23H29F2N5O4/c1-13-21(14(2)34-29-13)28-23(33)27-19-6-4-5-16(9-20(31)30(3)12-19)22(32)26-11-15-7-17(24)10-18(25)8-15/h7-8,10,16,19H,4-6,9,11-12H2,1-3H3,(H,26,32)(H2,27,28,33). The molecule has 2 heterocycles. The number of amides is 4. The second-order valence-electron chi connectivity index (χ2n) is 8.60. The highest BCUT2D eigenvalue weighted by Gasteiger charge is 2.28. The highest BCUT2D eigenvalue weighted by Crippen LogP contribution is 2.21. The Morgan fingerprint density at radius 1 is 1.18 bits per heavy atom. The number of carbonyl (C=O) groups is 3. The summed E-state index contributed by atoms with van der Waals surface area (Å²) in [6, 6.07) is 2.31. The minimum Gasteiger partial charge on any atom is -0.359 e. The van der Waals surface area contributed by atoms with E-state index in [2.05, 4.69) is 21.1 Å². The van der Waals surface area contributed by atoms with Gasteiger partial charge < -0.3 is 25.4 Å². The van der Waals surface area contributed by atoms with Gasteiger partial charge >= 0.3 is 6.03 Å². The van der Waals surface area contributed by atoms with E-state index in [1.54, 1.807) is 20.9 Å². The normalized spacial score (nSPS) is 19.1. The molecule has 2 atom stereocenters. The van der Waals surface area contributed by atoms with Crippen LogP contribution in [0.3, 0.4) is 0 Å². The second kappa shape index (κ2) is 11.1. The number of aryl methyl sites for hydroxylation is 2. The maximum absolute atomic E-state index is 13.4. The molecule has 0 spiro atoms. The number of anilines is 1. The van der Waals surface area contributed by atoms with Gasteiger partial charge in [0.1, 0.15) is 23.0 Å². The van der Waals surface area contributed by atoms with Crippen molar-refractivity contribution >= 4 is 23.5 Å². The number of carbonyl (C=O) groups excluding carboxylic acids is 3. The van der Waals surface area contributed by atoms with Crippen LogP contribution in [0.5, 0.6) is 0 Å². The Bertz CT molecular complexity index is 1020. The molecule has 2 unspecified atom stereocenters. The molecule has 1 saturated heterocycles. The highest BCUT2D eigenvalue weighted by molar-refractivity contribution is 5.90. The van der Waals surface area contributed by atoms with Crippen LogP contribution >= 0.6 is 0 Å². The van der Waals surface area contributed by atoms with Crippen molar-refractivity contribution < 1.29 is 27.7 Å². The van der Waals surface area contributed by atoms with Crippen molar-refractivity contribution in [3.63, 3.8) is 0 Å². The molecule has 2 aromatic rings. The molecule has 1 fully saturated rings. The average Bonchev–Trinajstić information content (AvgIpc) is 3.10. The molecule has 3 rings (SSSR count). The average molecular weight is 478 g/mol. The summed E-state index contributed by atoms with van der Waals surface area (Å²) in [4.78, 5) is 39.4. The van der Waals surface area contributed by atoms with Crippen LogP contribution in [0.4, 0.5) is 19.3 Å². The molecule has 0 bridgehead atoms. The van der Waals surface area contributed by atoms with Crippen LogP contribution in [-0.2, 0) is 16.1 Å². The molecular weight excluding hydrogens is 448 g/mol. The first-order valence-corrected chi connectivity index (χ1v) is 11.1. The molecule has 0 aliphatic carbocycles. The zero-order valence-electron chi connectivity index (χ0n) is 19.4. The van der Waals surface area contributed by atoms with Gasteiger partial charge in [-0.15, -0.1) is 0 Å². The molecule has 4 amide bonds. The van der Waals surface area contributed by atoms with Crippen molar-refractivity contribution in [2.24, 2.45) is 5.92 Å². The Labute approximate surface area is 196 Å². The highest BCUT2D eigenvalue weighted by atomic mass is 19.1. The number of nitrogens with zero attached hydrogens (tertiary/aromatic N) is 2.